The van der Waals surface area contributed by atoms with Crippen LogP contribution in [0.1, 0.15) is 38.1 Å². The number of carboxylic acids is 1. The lowest BCUT2D eigenvalue weighted by Crippen LogP contribution is -2.41. The van der Waals surface area contributed by atoms with E-state index in [9.17, 15) is 13.6 Å². The van der Waals surface area contributed by atoms with Crippen LogP contribution in [0.5, 0.6) is 0 Å². The molecule has 108 valence electrons. The second-order valence-corrected chi connectivity index (χ2v) is 5.75. The molecule has 1 aliphatic heterocycles. The van der Waals surface area contributed by atoms with Gasteiger partial charge in [0.2, 0.25) is 0 Å². The monoisotopic (exact) mass is 284 g/mol. The van der Waals surface area contributed by atoms with E-state index in [0.29, 0.717) is 6.07 Å². The van der Waals surface area contributed by atoms with Crippen molar-refractivity contribution in [3.63, 3.8) is 0 Å². The average Bonchev–Trinajstić information content (AvgIpc) is 2.51. The summed E-state index contributed by atoms with van der Waals surface area (Å²) < 4.78 is 37.9. The van der Waals surface area contributed by atoms with Crippen LogP contribution in [0.3, 0.4) is 0 Å². The Hall–Kier alpha value is -1.47. The van der Waals surface area contributed by atoms with Gasteiger partial charge in [-0.1, -0.05) is 0 Å². The number of benzene rings is 1. The maximum atomic E-state index is 13.4. The van der Waals surface area contributed by atoms with Gasteiger partial charge < -0.3 is 14.4 Å². The fraction of sp³-hybridized carbons (Fsp3) is 0.462. The summed E-state index contributed by atoms with van der Waals surface area (Å²) in [4.78, 5) is 11.2. The first-order valence-electron chi connectivity index (χ1n) is 6.13. The summed E-state index contributed by atoms with van der Waals surface area (Å²) in [6, 6.07) is 1.44. The van der Waals surface area contributed by atoms with Gasteiger partial charge in [-0.2, -0.15) is 0 Å². The summed E-state index contributed by atoms with van der Waals surface area (Å²) in [5.74, 6) is -3.73. The Kier molecular flexibility index (Phi) is 3.38. The first-order chi connectivity index (χ1) is 9.05. The standard InChI is InChI=1S/C13H15BF2O4/c1-12(2)13(3,4)20-14(19-12)8-6-10(16)9(15)5-7(8)11(17)18/h5-6H,1-4H3,(H,17,18). The molecule has 0 spiro atoms. The van der Waals surface area contributed by atoms with Crippen LogP contribution in [0.4, 0.5) is 8.78 Å². The van der Waals surface area contributed by atoms with Crippen LogP contribution in [0.2, 0.25) is 0 Å². The predicted molar refractivity (Wildman–Crippen MR) is 69.0 cm³/mol. The van der Waals surface area contributed by atoms with Gasteiger partial charge in [-0.25, -0.2) is 13.6 Å². The minimum Gasteiger partial charge on any atom is -0.478 e. The third-order valence-corrected chi connectivity index (χ3v) is 3.83. The highest BCUT2D eigenvalue weighted by Crippen LogP contribution is 2.36. The van der Waals surface area contributed by atoms with Gasteiger partial charge in [-0.05, 0) is 39.8 Å². The molecule has 1 saturated heterocycles. The second kappa shape index (κ2) is 4.53. The summed E-state index contributed by atoms with van der Waals surface area (Å²) >= 11 is 0. The van der Waals surface area contributed by atoms with Gasteiger partial charge in [0.15, 0.2) is 11.6 Å². The number of carbonyl (C=O) groups is 1. The Labute approximate surface area is 115 Å². The van der Waals surface area contributed by atoms with Gasteiger partial charge in [0.1, 0.15) is 0 Å². The van der Waals surface area contributed by atoms with E-state index in [1.807, 2.05) is 0 Å². The molecule has 1 aromatic rings. The molecule has 4 nitrogen and oxygen atoms in total. The van der Waals surface area contributed by atoms with Gasteiger partial charge in [-0.15, -0.1) is 0 Å². The molecule has 0 aliphatic carbocycles. The molecular formula is C13H15BF2O4. The molecule has 0 bridgehead atoms. The molecule has 20 heavy (non-hydrogen) atoms. The van der Waals surface area contributed by atoms with E-state index in [1.165, 1.54) is 0 Å². The molecule has 0 unspecified atom stereocenters. The quantitative estimate of drug-likeness (QED) is 0.843. The summed E-state index contributed by atoms with van der Waals surface area (Å²) in [6.07, 6.45) is 0. The van der Waals surface area contributed by atoms with E-state index in [0.717, 1.165) is 6.07 Å². The minimum absolute atomic E-state index is 0.0324. The van der Waals surface area contributed by atoms with Crippen molar-refractivity contribution in [2.45, 2.75) is 38.9 Å². The lowest BCUT2D eigenvalue weighted by Gasteiger charge is -2.32. The Morgan fingerprint density at radius 1 is 1.10 bits per heavy atom. The summed E-state index contributed by atoms with van der Waals surface area (Å²) in [5.41, 5.74) is -1.80. The third-order valence-electron chi connectivity index (χ3n) is 3.83. The Balaban J connectivity index is 2.49. The SMILES string of the molecule is CC1(C)OB(c2cc(F)c(F)cc2C(=O)O)OC1(C)C. The van der Waals surface area contributed by atoms with Crippen LogP contribution >= 0.6 is 0 Å². The van der Waals surface area contributed by atoms with Gasteiger partial charge in [0, 0.05) is 5.46 Å². The van der Waals surface area contributed by atoms with Crippen molar-refractivity contribution in [1.29, 1.82) is 0 Å². The maximum Gasteiger partial charge on any atom is 0.495 e. The van der Waals surface area contributed by atoms with E-state index < -0.39 is 35.9 Å². The van der Waals surface area contributed by atoms with Crippen molar-refractivity contribution in [2.24, 2.45) is 0 Å². The largest absolute Gasteiger partial charge is 0.495 e. The Morgan fingerprint density at radius 2 is 1.55 bits per heavy atom. The van der Waals surface area contributed by atoms with Crippen molar-refractivity contribution in [3.05, 3.63) is 29.3 Å². The first-order valence-corrected chi connectivity index (χ1v) is 6.13. The van der Waals surface area contributed by atoms with E-state index in [4.69, 9.17) is 14.4 Å². The molecule has 0 atom stereocenters. The highest BCUT2D eigenvalue weighted by atomic mass is 19.2. The van der Waals surface area contributed by atoms with Gasteiger partial charge in [-0.3, -0.25) is 0 Å². The lowest BCUT2D eigenvalue weighted by molar-refractivity contribution is 0.00578. The van der Waals surface area contributed by atoms with Gasteiger partial charge in [0.25, 0.3) is 0 Å². The number of hydrogen-bond donors (Lipinski definition) is 1. The Bertz CT molecular complexity index is 556. The summed E-state index contributed by atoms with van der Waals surface area (Å²) in [7, 11) is -1.05. The number of rotatable bonds is 2. The van der Waals surface area contributed by atoms with Crippen molar-refractivity contribution in [2.75, 3.05) is 0 Å². The first kappa shape index (κ1) is 14.9. The molecule has 1 fully saturated rings. The zero-order valence-corrected chi connectivity index (χ0v) is 11.7. The molecule has 0 saturated carbocycles. The van der Waals surface area contributed by atoms with Crippen LogP contribution in [0.15, 0.2) is 12.1 Å². The topological polar surface area (TPSA) is 55.8 Å². The molecule has 2 rings (SSSR count). The number of hydrogen-bond acceptors (Lipinski definition) is 3. The number of carboxylic acid groups (broad SMARTS) is 1. The Morgan fingerprint density at radius 3 is 2.00 bits per heavy atom. The van der Waals surface area contributed by atoms with Gasteiger partial charge >= 0.3 is 13.1 Å². The van der Waals surface area contributed by atoms with Crippen LogP contribution in [-0.4, -0.2) is 29.4 Å². The summed E-state index contributed by atoms with van der Waals surface area (Å²) in [5, 5.41) is 9.10. The van der Waals surface area contributed by atoms with E-state index in [1.54, 1.807) is 27.7 Å². The van der Waals surface area contributed by atoms with Gasteiger partial charge in [0.05, 0.1) is 16.8 Å². The molecular weight excluding hydrogens is 269 g/mol. The molecule has 0 radical (unpaired) electrons. The highest BCUT2D eigenvalue weighted by Gasteiger charge is 2.52. The maximum absolute atomic E-state index is 13.4. The molecule has 1 aromatic carbocycles. The van der Waals surface area contributed by atoms with Crippen molar-refractivity contribution in [1.82, 2.24) is 0 Å². The zero-order chi connectivity index (χ0) is 15.3. The van der Waals surface area contributed by atoms with E-state index in [-0.39, 0.29) is 11.0 Å². The fourth-order valence-electron chi connectivity index (χ4n) is 1.91. The molecule has 1 heterocycles. The smallest absolute Gasteiger partial charge is 0.478 e. The number of aromatic carboxylic acids is 1. The molecule has 0 aromatic heterocycles. The third kappa shape index (κ3) is 2.31. The van der Waals surface area contributed by atoms with Crippen LogP contribution in [0, 0.1) is 11.6 Å². The van der Waals surface area contributed by atoms with Crippen molar-refractivity contribution < 1.29 is 28.0 Å². The average molecular weight is 284 g/mol. The van der Waals surface area contributed by atoms with Crippen molar-refractivity contribution >= 4 is 18.6 Å². The molecule has 1 N–H and O–H groups in total. The van der Waals surface area contributed by atoms with Crippen LogP contribution in [0.25, 0.3) is 0 Å². The highest BCUT2D eigenvalue weighted by molar-refractivity contribution is 6.63. The van der Waals surface area contributed by atoms with Crippen molar-refractivity contribution in [3.8, 4) is 0 Å². The minimum atomic E-state index is -1.37. The predicted octanol–water partition coefficient (Wildman–Crippen LogP) is 1.96. The second-order valence-electron chi connectivity index (χ2n) is 5.75. The fourth-order valence-corrected chi connectivity index (χ4v) is 1.91. The van der Waals surface area contributed by atoms with Crippen LogP contribution < -0.4 is 5.46 Å². The molecule has 1 aliphatic rings. The van der Waals surface area contributed by atoms with Crippen LogP contribution in [-0.2, 0) is 9.31 Å². The zero-order valence-electron chi connectivity index (χ0n) is 11.7. The summed E-state index contributed by atoms with van der Waals surface area (Å²) in [6.45, 7) is 7.14. The normalized spacial score (nSPS) is 20.2. The molecule has 7 heteroatoms. The van der Waals surface area contributed by atoms with E-state index in [2.05, 4.69) is 0 Å². The molecule has 0 amide bonds. The lowest BCUT2D eigenvalue weighted by atomic mass is 9.75. The van der Waals surface area contributed by atoms with E-state index >= 15 is 0 Å². The number of halogens is 2.